The molecular formula is C18H20FN3O2. The molecule has 5 nitrogen and oxygen atoms in total. The number of benzene rings is 1. The van der Waals surface area contributed by atoms with Crippen molar-refractivity contribution in [2.24, 2.45) is 0 Å². The van der Waals surface area contributed by atoms with Gasteiger partial charge in [-0.3, -0.25) is 4.79 Å². The van der Waals surface area contributed by atoms with Gasteiger partial charge in [-0.15, -0.1) is 0 Å². The molecule has 24 heavy (non-hydrogen) atoms. The molecule has 0 aliphatic carbocycles. The summed E-state index contributed by atoms with van der Waals surface area (Å²) >= 11 is 0. The number of carbonyl (C=O) groups excluding carboxylic acids is 1. The zero-order valence-corrected chi connectivity index (χ0v) is 13.7. The van der Waals surface area contributed by atoms with Crippen LogP contribution in [0.25, 0.3) is 0 Å². The van der Waals surface area contributed by atoms with E-state index in [2.05, 4.69) is 10.1 Å². The van der Waals surface area contributed by atoms with Crippen molar-refractivity contribution < 1.29 is 13.7 Å². The smallest absolute Gasteiger partial charge is 0.292 e. The Morgan fingerprint density at radius 1 is 1.25 bits per heavy atom. The van der Waals surface area contributed by atoms with Crippen LogP contribution in [0.15, 0.2) is 28.8 Å². The molecule has 126 valence electrons. The van der Waals surface area contributed by atoms with Gasteiger partial charge in [0.1, 0.15) is 5.82 Å². The van der Waals surface area contributed by atoms with E-state index >= 15 is 0 Å². The van der Waals surface area contributed by atoms with Crippen LogP contribution in [0.1, 0.15) is 34.7 Å². The highest BCUT2D eigenvalue weighted by Crippen LogP contribution is 2.33. The maximum absolute atomic E-state index is 13.4. The van der Waals surface area contributed by atoms with Crippen LogP contribution in [0.5, 0.6) is 0 Å². The van der Waals surface area contributed by atoms with E-state index < -0.39 is 0 Å². The van der Waals surface area contributed by atoms with Gasteiger partial charge < -0.3 is 14.3 Å². The number of halogens is 1. The lowest BCUT2D eigenvalue weighted by Crippen LogP contribution is -2.46. The molecule has 0 N–H and O–H groups in total. The first-order valence-electron chi connectivity index (χ1n) is 8.39. The first kappa shape index (κ1) is 15.2. The molecule has 1 aromatic carbocycles. The molecule has 0 atom stereocenters. The van der Waals surface area contributed by atoms with Crippen molar-refractivity contribution in [3.63, 3.8) is 0 Å². The van der Waals surface area contributed by atoms with Crippen LogP contribution in [0, 0.1) is 12.7 Å². The zero-order chi connectivity index (χ0) is 16.7. The molecule has 2 aliphatic rings. The molecule has 2 aromatic rings. The van der Waals surface area contributed by atoms with Crippen molar-refractivity contribution in [1.82, 2.24) is 10.1 Å². The Labute approximate surface area is 140 Å². The van der Waals surface area contributed by atoms with Gasteiger partial charge >= 0.3 is 0 Å². The minimum absolute atomic E-state index is 0.0852. The number of aryl methyl sites for hydroxylation is 1. The molecule has 4 rings (SSSR count). The number of hydrogen-bond donors (Lipinski definition) is 0. The number of hydrogen-bond acceptors (Lipinski definition) is 4. The third kappa shape index (κ3) is 2.66. The number of nitrogens with zero attached hydrogens (tertiary/aromatic N) is 3. The lowest BCUT2D eigenvalue weighted by Gasteiger charge is -2.37. The van der Waals surface area contributed by atoms with Crippen LogP contribution in [-0.4, -0.2) is 41.6 Å². The zero-order valence-electron chi connectivity index (χ0n) is 13.7. The summed E-state index contributed by atoms with van der Waals surface area (Å²) in [5.74, 6) is 0.0595. The summed E-state index contributed by atoms with van der Waals surface area (Å²) in [4.78, 5) is 16.6. The standard InChI is InChI=1S/C18H20FN3O2/c1-12-10-17(24-20-12)18(23)21-7-5-15(6-8-21)22-9-4-13-11-14(19)2-3-16(13)22/h2-3,10-11,15H,4-9H2,1H3. The summed E-state index contributed by atoms with van der Waals surface area (Å²) in [5, 5.41) is 3.78. The first-order chi connectivity index (χ1) is 11.6. The number of anilines is 1. The number of amides is 1. The molecule has 0 bridgehead atoms. The van der Waals surface area contributed by atoms with Crippen LogP contribution in [0.4, 0.5) is 10.1 Å². The van der Waals surface area contributed by atoms with E-state index in [-0.39, 0.29) is 11.7 Å². The lowest BCUT2D eigenvalue weighted by molar-refractivity contribution is 0.0670. The molecule has 1 aromatic heterocycles. The Morgan fingerprint density at radius 3 is 2.75 bits per heavy atom. The maximum atomic E-state index is 13.4. The number of likely N-dealkylation sites (tertiary alicyclic amines) is 1. The highest BCUT2D eigenvalue weighted by molar-refractivity contribution is 5.91. The van der Waals surface area contributed by atoms with E-state index in [1.165, 1.54) is 6.07 Å². The summed E-state index contributed by atoms with van der Waals surface area (Å²) in [6.07, 6.45) is 2.72. The molecule has 6 heteroatoms. The van der Waals surface area contributed by atoms with Crippen molar-refractivity contribution in [3.05, 3.63) is 47.1 Å². The summed E-state index contributed by atoms with van der Waals surface area (Å²) < 4.78 is 18.4. The van der Waals surface area contributed by atoms with Crippen molar-refractivity contribution in [2.45, 2.75) is 32.2 Å². The summed E-state index contributed by atoms with van der Waals surface area (Å²) in [5.41, 5.74) is 2.95. The summed E-state index contributed by atoms with van der Waals surface area (Å²) in [6.45, 7) is 4.14. The number of fused-ring (bicyclic) bond motifs is 1. The monoisotopic (exact) mass is 329 g/mol. The highest BCUT2D eigenvalue weighted by atomic mass is 19.1. The van der Waals surface area contributed by atoms with E-state index in [0.29, 0.717) is 30.6 Å². The fourth-order valence-corrected chi connectivity index (χ4v) is 3.78. The lowest BCUT2D eigenvalue weighted by atomic mass is 10.0. The van der Waals surface area contributed by atoms with Gasteiger partial charge in [-0.2, -0.15) is 0 Å². The molecule has 0 radical (unpaired) electrons. The minimum atomic E-state index is -0.168. The van der Waals surface area contributed by atoms with E-state index in [1.54, 1.807) is 19.1 Å². The highest BCUT2D eigenvalue weighted by Gasteiger charge is 2.31. The van der Waals surface area contributed by atoms with Gasteiger partial charge in [0.15, 0.2) is 0 Å². The van der Waals surface area contributed by atoms with Crippen molar-refractivity contribution in [2.75, 3.05) is 24.5 Å². The van der Waals surface area contributed by atoms with Gasteiger partial charge in [0.25, 0.3) is 5.91 Å². The molecule has 0 spiro atoms. The van der Waals surface area contributed by atoms with Crippen LogP contribution in [0.3, 0.4) is 0 Å². The second-order valence-electron chi connectivity index (χ2n) is 6.57. The number of piperidine rings is 1. The van der Waals surface area contributed by atoms with Gasteiger partial charge in [-0.05, 0) is 49.9 Å². The first-order valence-corrected chi connectivity index (χ1v) is 8.39. The Kier molecular flexibility index (Phi) is 3.75. The van der Waals surface area contributed by atoms with Crippen LogP contribution < -0.4 is 4.90 Å². The normalized spacial score (nSPS) is 18.1. The van der Waals surface area contributed by atoms with Gasteiger partial charge in [0.2, 0.25) is 5.76 Å². The Balaban J connectivity index is 1.41. The van der Waals surface area contributed by atoms with Crippen LogP contribution in [-0.2, 0) is 6.42 Å². The summed E-state index contributed by atoms with van der Waals surface area (Å²) in [7, 11) is 0. The fraction of sp³-hybridized carbons (Fsp3) is 0.444. The van der Waals surface area contributed by atoms with Crippen LogP contribution in [0.2, 0.25) is 0 Å². The quantitative estimate of drug-likeness (QED) is 0.850. The topological polar surface area (TPSA) is 49.6 Å². The molecule has 3 heterocycles. The number of aromatic nitrogens is 1. The molecule has 1 fully saturated rings. The molecule has 0 unspecified atom stereocenters. The minimum Gasteiger partial charge on any atom is -0.368 e. The van der Waals surface area contributed by atoms with E-state index in [1.807, 2.05) is 11.0 Å². The number of carbonyl (C=O) groups is 1. The average Bonchev–Trinajstić information content (AvgIpc) is 3.20. The second-order valence-corrected chi connectivity index (χ2v) is 6.57. The molecule has 2 aliphatic heterocycles. The average molecular weight is 329 g/mol. The Hall–Kier alpha value is -2.37. The van der Waals surface area contributed by atoms with Gasteiger partial charge in [0, 0.05) is 37.4 Å². The number of rotatable bonds is 2. The third-order valence-corrected chi connectivity index (χ3v) is 5.00. The van der Waals surface area contributed by atoms with Crippen molar-refractivity contribution >= 4 is 11.6 Å². The largest absolute Gasteiger partial charge is 0.368 e. The molecule has 1 saturated heterocycles. The predicted molar refractivity (Wildman–Crippen MR) is 87.6 cm³/mol. The van der Waals surface area contributed by atoms with E-state index in [0.717, 1.165) is 37.1 Å². The van der Waals surface area contributed by atoms with Crippen LogP contribution >= 0.6 is 0 Å². The van der Waals surface area contributed by atoms with Crippen molar-refractivity contribution in [3.8, 4) is 0 Å². The third-order valence-electron chi connectivity index (χ3n) is 5.00. The van der Waals surface area contributed by atoms with Gasteiger partial charge in [0.05, 0.1) is 5.69 Å². The second kappa shape index (κ2) is 5.92. The van der Waals surface area contributed by atoms with E-state index in [9.17, 15) is 9.18 Å². The van der Waals surface area contributed by atoms with Gasteiger partial charge in [-0.1, -0.05) is 5.16 Å². The SMILES string of the molecule is Cc1cc(C(=O)N2CCC(N3CCc4cc(F)ccc43)CC2)on1. The molecule has 0 saturated carbocycles. The maximum Gasteiger partial charge on any atom is 0.292 e. The summed E-state index contributed by atoms with van der Waals surface area (Å²) in [6, 6.07) is 7.13. The Bertz CT molecular complexity index is 765. The molecule has 1 amide bonds. The van der Waals surface area contributed by atoms with Gasteiger partial charge in [-0.25, -0.2) is 4.39 Å². The van der Waals surface area contributed by atoms with E-state index in [4.69, 9.17) is 4.52 Å². The Morgan fingerprint density at radius 2 is 2.04 bits per heavy atom. The fourth-order valence-electron chi connectivity index (χ4n) is 3.78. The predicted octanol–water partition coefficient (Wildman–Crippen LogP) is 2.79. The van der Waals surface area contributed by atoms with Crippen molar-refractivity contribution in [1.29, 1.82) is 0 Å². The molecular weight excluding hydrogens is 309 g/mol.